The summed E-state index contributed by atoms with van der Waals surface area (Å²) < 4.78 is 1.93. The van der Waals surface area contributed by atoms with Crippen LogP contribution in [0, 0.1) is 13.8 Å². The number of nitrogens with zero attached hydrogens (tertiary/aromatic N) is 5. The number of hydrogen-bond donors (Lipinski definition) is 2. The van der Waals surface area contributed by atoms with Crippen LogP contribution in [-0.4, -0.2) is 72.4 Å². The van der Waals surface area contributed by atoms with Crippen LogP contribution in [-0.2, 0) is 13.6 Å². The van der Waals surface area contributed by atoms with E-state index in [2.05, 4.69) is 81.8 Å². The van der Waals surface area contributed by atoms with E-state index in [9.17, 15) is 0 Å². The van der Waals surface area contributed by atoms with Gasteiger partial charge in [0.2, 0.25) is 0 Å². The number of hydrogen-bond acceptors (Lipinski definition) is 4. The van der Waals surface area contributed by atoms with E-state index in [0.717, 1.165) is 57.3 Å². The van der Waals surface area contributed by atoms with Gasteiger partial charge in [0.05, 0.1) is 5.69 Å². The first-order chi connectivity index (χ1) is 14.5. The maximum atomic E-state index is 4.49. The van der Waals surface area contributed by atoms with Crippen LogP contribution in [0.15, 0.2) is 35.3 Å². The van der Waals surface area contributed by atoms with E-state index in [0.29, 0.717) is 6.04 Å². The minimum Gasteiger partial charge on any atom is -0.356 e. The lowest BCUT2D eigenvalue weighted by Crippen LogP contribution is -2.47. The van der Waals surface area contributed by atoms with E-state index in [1.165, 1.54) is 16.8 Å². The molecule has 1 fully saturated rings. The Hall–Kier alpha value is -2.38. The molecule has 1 aliphatic rings. The predicted octanol–water partition coefficient (Wildman–Crippen LogP) is 2.08. The summed E-state index contributed by atoms with van der Waals surface area (Å²) >= 11 is 0. The number of nitrogens with one attached hydrogen (secondary N) is 2. The molecule has 2 heterocycles. The third-order valence-electron chi connectivity index (χ3n) is 6.11. The highest BCUT2D eigenvalue weighted by atomic mass is 15.3. The summed E-state index contributed by atoms with van der Waals surface area (Å²) in [5.41, 5.74) is 4.91. The molecule has 2 N–H and O–H groups in total. The van der Waals surface area contributed by atoms with Gasteiger partial charge < -0.3 is 15.5 Å². The van der Waals surface area contributed by atoms with Gasteiger partial charge in [-0.25, -0.2) is 0 Å². The number of rotatable bonds is 7. The summed E-state index contributed by atoms with van der Waals surface area (Å²) in [7, 11) is 6.03. The molecule has 1 atom stereocenters. The SMILES string of the molecule is CN=C(NCCCN1CCN(C)CC1c1ccccc1)NCc1c(C)nn(C)c1C. The normalized spacial score (nSPS) is 18.6. The highest BCUT2D eigenvalue weighted by molar-refractivity contribution is 5.79. The zero-order valence-corrected chi connectivity index (χ0v) is 19.1. The van der Waals surface area contributed by atoms with Crippen LogP contribution in [0.4, 0.5) is 0 Å². The molecule has 0 aliphatic carbocycles. The Morgan fingerprint density at radius 3 is 2.57 bits per heavy atom. The number of aliphatic imine (C=N–C) groups is 1. The fourth-order valence-corrected chi connectivity index (χ4v) is 4.17. The van der Waals surface area contributed by atoms with Crippen LogP contribution in [0.1, 0.15) is 35.0 Å². The molecular weight excluding hydrogens is 374 g/mol. The standard InChI is InChI=1S/C23H37N7/c1-18-21(19(2)29(5)27-18)16-26-23(24-3)25-12-9-13-30-15-14-28(4)17-22(30)20-10-7-6-8-11-20/h6-8,10-11,22H,9,12-17H2,1-5H3,(H2,24,25,26). The van der Waals surface area contributed by atoms with E-state index in [4.69, 9.17) is 0 Å². The van der Waals surface area contributed by atoms with Gasteiger partial charge in [-0.2, -0.15) is 5.10 Å². The zero-order valence-electron chi connectivity index (χ0n) is 19.1. The van der Waals surface area contributed by atoms with Crippen LogP contribution in [0.2, 0.25) is 0 Å². The van der Waals surface area contributed by atoms with Crippen molar-refractivity contribution in [2.24, 2.45) is 12.0 Å². The first-order valence-electron chi connectivity index (χ1n) is 10.9. The summed E-state index contributed by atoms with van der Waals surface area (Å²) in [5, 5.41) is 11.4. The van der Waals surface area contributed by atoms with Gasteiger partial charge in [0.15, 0.2) is 5.96 Å². The molecule has 1 saturated heterocycles. The molecule has 30 heavy (non-hydrogen) atoms. The van der Waals surface area contributed by atoms with Crippen molar-refractivity contribution in [2.75, 3.05) is 46.8 Å². The Morgan fingerprint density at radius 2 is 1.90 bits per heavy atom. The van der Waals surface area contributed by atoms with Crippen molar-refractivity contribution in [1.82, 2.24) is 30.2 Å². The summed E-state index contributed by atoms with van der Waals surface area (Å²) in [6.07, 6.45) is 1.08. The van der Waals surface area contributed by atoms with Gasteiger partial charge in [-0.3, -0.25) is 14.6 Å². The maximum absolute atomic E-state index is 4.49. The quantitative estimate of drug-likeness (QED) is 0.415. The second-order valence-corrected chi connectivity index (χ2v) is 8.20. The molecule has 0 bridgehead atoms. The number of guanidine groups is 1. The highest BCUT2D eigenvalue weighted by Gasteiger charge is 2.25. The average Bonchev–Trinajstić information content (AvgIpc) is 3.00. The van der Waals surface area contributed by atoms with Crippen LogP contribution >= 0.6 is 0 Å². The molecule has 2 aromatic rings. The number of piperazine rings is 1. The van der Waals surface area contributed by atoms with Crippen molar-refractivity contribution in [2.45, 2.75) is 32.9 Å². The minimum absolute atomic E-state index is 0.471. The Bertz CT molecular complexity index is 828. The topological polar surface area (TPSA) is 60.7 Å². The Morgan fingerprint density at radius 1 is 1.13 bits per heavy atom. The van der Waals surface area contributed by atoms with Gasteiger partial charge in [0, 0.05) is 70.7 Å². The molecule has 0 amide bonds. The van der Waals surface area contributed by atoms with Gasteiger partial charge in [-0.15, -0.1) is 0 Å². The van der Waals surface area contributed by atoms with Crippen LogP contribution in [0.5, 0.6) is 0 Å². The lowest BCUT2D eigenvalue weighted by Gasteiger charge is -2.40. The predicted molar refractivity (Wildman–Crippen MR) is 124 cm³/mol. The minimum atomic E-state index is 0.471. The third kappa shape index (κ3) is 5.61. The number of benzene rings is 1. The summed E-state index contributed by atoms with van der Waals surface area (Å²) in [6, 6.07) is 11.4. The molecule has 1 aromatic carbocycles. The second-order valence-electron chi connectivity index (χ2n) is 8.20. The average molecular weight is 412 g/mol. The maximum Gasteiger partial charge on any atom is 0.191 e. The molecule has 7 nitrogen and oxygen atoms in total. The number of aromatic nitrogens is 2. The monoisotopic (exact) mass is 411 g/mol. The van der Waals surface area contributed by atoms with E-state index in [-0.39, 0.29) is 0 Å². The van der Waals surface area contributed by atoms with Crippen molar-refractivity contribution in [3.05, 3.63) is 52.8 Å². The highest BCUT2D eigenvalue weighted by Crippen LogP contribution is 2.24. The van der Waals surface area contributed by atoms with Crippen molar-refractivity contribution in [3.8, 4) is 0 Å². The van der Waals surface area contributed by atoms with Gasteiger partial charge in [-0.05, 0) is 32.9 Å². The summed E-state index contributed by atoms with van der Waals surface area (Å²) in [6.45, 7) is 10.2. The van der Waals surface area contributed by atoms with Crippen molar-refractivity contribution < 1.29 is 0 Å². The zero-order chi connectivity index (χ0) is 21.5. The molecule has 7 heteroatoms. The van der Waals surface area contributed by atoms with Gasteiger partial charge in [-0.1, -0.05) is 30.3 Å². The molecule has 3 rings (SSSR count). The van der Waals surface area contributed by atoms with Gasteiger partial charge >= 0.3 is 0 Å². The van der Waals surface area contributed by atoms with Crippen molar-refractivity contribution in [3.63, 3.8) is 0 Å². The van der Waals surface area contributed by atoms with Crippen LogP contribution in [0.3, 0.4) is 0 Å². The van der Waals surface area contributed by atoms with E-state index >= 15 is 0 Å². The van der Waals surface area contributed by atoms with Crippen molar-refractivity contribution >= 4 is 5.96 Å². The molecule has 1 aliphatic heterocycles. The Balaban J connectivity index is 1.46. The first kappa shape index (κ1) is 22.3. The fraction of sp³-hybridized carbons (Fsp3) is 0.565. The second kappa shape index (κ2) is 10.6. The molecular formula is C23H37N7. The van der Waals surface area contributed by atoms with Crippen LogP contribution < -0.4 is 10.6 Å². The van der Waals surface area contributed by atoms with Gasteiger partial charge in [0.25, 0.3) is 0 Å². The smallest absolute Gasteiger partial charge is 0.191 e. The summed E-state index contributed by atoms with van der Waals surface area (Å²) in [5.74, 6) is 0.843. The van der Waals surface area contributed by atoms with Crippen LogP contribution in [0.25, 0.3) is 0 Å². The number of likely N-dealkylation sites (N-methyl/N-ethyl adjacent to an activating group) is 1. The Kier molecular flexibility index (Phi) is 7.87. The molecule has 164 valence electrons. The summed E-state index contributed by atoms with van der Waals surface area (Å²) in [4.78, 5) is 9.42. The lowest BCUT2D eigenvalue weighted by molar-refractivity contribution is 0.0891. The molecule has 0 spiro atoms. The fourth-order valence-electron chi connectivity index (χ4n) is 4.17. The van der Waals surface area contributed by atoms with E-state index in [1.54, 1.807) is 0 Å². The van der Waals surface area contributed by atoms with E-state index < -0.39 is 0 Å². The first-order valence-corrected chi connectivity index (χ1v) is 10.9. The third-order valence-corrected chi connectivity index (χ3v) is 6.11. The molecule has 1 unspecified atom stereocenters. The molecule has 1 aromatic heterocycles. The van der Waals surface area contributed by atoms with Crippen molar-refractivity contribution in [1.29, 1.82) is 0 Å². The number of aryl methyl sites for hydroxylation is 2. The van der Waals surface area contributed by atoms with E-state index in [1.807, 2.05) is 18.8 Å². The molecule has 0 saturated carbocycles. The largest absolute Gasteiger partial charge is 0.356 e. The van der Waals surface area contributed by atoms with Gasteiger partial charge in [0.1, 0.15) is 0 Å². The Labute approximate surface area is 181 Å². The molecule has 0 radical (unpaired) electrons. The lowest BCUT2D eigenvalue weighted by atomic mass is 10.0.